The Hall–Kier alpha value is -1.39. The molecule has 4 nitrogen and oxygen atoms in total. The molecule has 0 aromatic heterocycles. The Kier molecular flexibility index (Phi) is 3.62. The molecule has 0 aliphatic carbocycles. The van der Waals surface area contributed by atoms with Gasteiger partial charge in [0.1, 0.15) is 0 Å². The molecule has 0 spiro atoms. The van der Waals surface area contributed by atoms with Gasteiger partial charge in [-0.05, 0) is 24.1 Å². The number of rotatable bonds is 4. The van der Waals surface area contributed by atoms with E-state index in [1.807, 2.05) is 0 Å². The van der Waals surface area contributed by atoms with Crippen molar-refractivity contribution in [2.75, 3.05) is 6.61 Å². The van der Waals surface area contributed by atoms with Crippen LogP contribution in [0.3, 0.4) is 0 Å². The minimum atomic E-state index is -0.954. The molecule has 1 aromatic carbocycles. The van der Waals surface area contributed by atoms with Gasteiger partial charge in [-0.2, -0.15) is 0 Å². The zero-order valence-corrected chi connectivity index (χ0v) is 7.68. The Balaban J connectivity index is 2.78. The van der Waals surface area contributed by atoms with Crippen molar-refractivity contribution < 1.29 is 15.0 Å². The van der Waals surface area contributed by atoms with E-state index >= 15 is 0 Å². The van der Waals surface area contributed by atoms with E-state index in [-0.39, 0.29) is 18.2 Å². The van der Waals surface area contributed by atoms with Crippen LogP contribution in [0.25, 0.3) is 0 Å². The van der Waals surface area contributed by atoms with Crippen LogP contribution >= 0.6 is 0 Å². The normalized spacial score (nSPS) is 12.4. The number of carboxylic acid groups (broad SMARTS) is 1. The number of nitrogens with two attached hydrogens (primary N) is 1. The van der Waals surface area contributed by atoms with Crippen LogP contribution in [0.15, 0.2) is 24.3 Å². The lowest BCUT2D eigenvalue weighted by Gasteiger charge is -2.07. The first-order valence-electron chi connectivity index (χ1n) is 4.32. The van der Waals surface area contributed by atoms with Crippen LogP contribution in [0, 0.1) is 0 Å². The average Bonchev–Trinajstić information content (AvgIpc) is 2.18. The molecule has 0 radical (unpaired) electrons. The van der Waals surface area contributed by atoms with Gasteiger partial charge in [0.25, 0.3) is 0 Å². The van der Waals surface area contributed by atoms with E-state index in [4.69, 9.17) is 15.9 Å². The molecule has 0 saturated carbocycles. The molecule has 0 aliphatic heterocycles. The minimum Gasteiger partial charge on any atom is -0.478 e. The van der Waals surface area contributed by atoms with Crippen LogP contribution in [-0.2, 0) is 6.42 Å². The molecule has 0 bridgehead atoms. The summed E-state index contributed by atoms with van der Waals surface area (Å²) in [6.07, 6.45) is 0.484. The highest BCUT2D eigenvalue weighted by atomic mass is 16.4. The topological polar surface area (TPSA) is 83.5 Å². The molecule has 1 atom stereocenters. The molecule has 0 heterocycles. The number of benzene rings is 1. The quantitative estimate of drug-likeness (QED) is 0.643. The van der Waals surface area contributed by atoms with Crippen molar-refractivity contribution in [3.63, 3.8) is 0 Å². The summed E-state index contributed by atoms with van der Waals surface area (Å²) in [5.41, 5.74) is 6.60. The van der Waals surface area contributed by atoms with Crippen LogP contribution in [0.4, 0.5) is 0 Å². The molecule has 14 heavy (non-hydrogen) atoms. The molecule has 76 valence electrons. The van der Waals surface area contributed by atoms with Crippen molar-refractivity contribution in [3.05, 3.63) is 35.4 Å². The van der Waals surface area contributed by atoms with Crippen LogP contribution in [0.1, 0.15) is 15.9 Å². The molecule has 4 heteroatoms. The van der Waals surface area contributed by atoms with Gasteiger partial charge >= 0.3 is 5.97 Å². The van der Waals surface area contributed by atoms with Crippen molar-refractivity contribution in [3.8, 4) is 0 Å². The summed E-state index contributed by atoms with van der Waals surface area (Å²) in [6, 6.07) is 6.22. The van der Waals surface area contributed by atoms with Gasteiger partial charge in [-0.25, -0.2) is 4.79 Å². The largest absolute Gasteiger partial charge is 0.478 e. The van der Waals surface area contributed by atoms with E-state index in [9.17, 15) is 4.79 Å². The van der Waals surface area contributed by atoms with Crippen molar-refractivity contribution in [1.82, 2.24) is 0 Å². The number of hydrogen-bond acceptors (Lipinski definition) is 3. The van der Waals surface area contributed by atoms with Crippen molar-refractivity contribution in [1.29, 1.82) is 0 Å². The van der Waals surface area contributed by atoms with Gasteiger partial charge in [0.05, 0.1) is 12.2 Å². The van der Waals surface area contributed by atoms with E-state index in [0.29, 0.717) is 6.42 Å². The highest BCUT2D eigenvalue weighted by molar-refractivity contribution is 5.87. The lowest BCUT2D eigenvalue weighted by atomic mass is 10.0. The molecule has 0 saturated heterocycles. The van der Waals surface area contributed by atoms with Gasteiger partial charge in [-0.3, -0.25) is 0 Å². The Bertz CT molecular complexity index is 325. The van der Waals surface area contributed by atoms with Crippen LogP contribution in [0.5, 0.6) is 0 Å². The summed E-state index contributed by atoms with van der Waals surface area (Å²) in [7, 11) is 0. The molecule has 1 rings (SSSR count). The monoisotopic (exact) mass is 195 g/mol. The molecule has 4 N–H and O–H groups in total. The van der Waals surface area contributed by atoms with E-state index in [2.05, 4.69) is 0 Å². The summed E-state index contributed by atoms with van der Waals surface area (Å²) in [6.45, 7) is -0.0999. The van der Waals surface area contributed by atoms with E-state index < -0.39 is 5.97 Å². The second-order valence-corrected chi connectivity index (χ2v) is 3.15. The van der Waals surface area contributed by atoms with E-state index in [1.54, 1.807) is 18.2 Å². The van der Waals surface area contributed by atoms with Crippen LogP contribution in [0.2, 0.25) is 0 Å². The Morgan fingerprint density at radius 3 is 2.79 bits per heavy atom. The molecule has 0 amide bonds. The second-order valence-electron chi connectivity index (χ2n) is 3.15. The molecule has 0 unspecified atom stereocenters. The zero-order valence-electron chi connectivity index (χ0n) is 7.68. The van der Waals surface area contributed by atoms with E-state index in [1.165, 1.54) is 6.07 Å². The van der Waals surface area contributed by atoms with Crippen LogP contribution < -0.4 is 5.73 Å². The van der Waals surface area contributed by atoms with Gasteiger partial charge < -0.3 is 15.9 Å². The zero-order chi connectivity index (χ0) is 10.6. The Morgan fingerprint density at radius 1 is 1.50 bits per heavy atom. The third kappa shape index (κ3) is 2.83. The smallest absolute Gasteiger partial charge is 0.335 e. The second kappa shape index (κ2) is 4.74. The Morgan fingerprint density at radius 2 is 2.21 bits per heavy atom. The molecule has 0 fully saturated rings. The average molecular weight is 195 g/mol. The fraction of sp³-hybridized carbons (Fsp3) is 0.300. The summed E-state index contributed by atoms with van der Waals surface area (Å²) in [4.78, 5) is 10.6. The SMILES string of the molecule is N[C@@H](CO)Cc1cccc(C(=O)O)c1. The number of aliphatic hydroxyl groups is 1. The predicted octanol–water partition coefficient (Wildman–Crippen LogP) is 0.247. The fourth-order valence-electron chi connectivity index (χ4n) is 1.20. The number of carbonyl (C=O) groups is 1. The maximum Gasteiger partial charge on any atom is 0.335 e. The Labute approximate surface area is 82.0 Å². The number of carboxylic acids is 1. The lowest BCUT2D eigenvalue weighted by Crippen LogP contribution is -2.26. The number of aromatic carboxylic acids is 1. The van der Waals surface area contributed by atoms with Crippen molar-refractivity contribution in [2.24, 2.45) is 5.73 Å². The summed E-state index contributed by atoms with van der Waals surface area (Å²) < 4.78 is 0. The summed E-state index contributed by atoms with van der Waals surface area (Å²) in [5, 5.41) is 17.5. The van der Waals surface area contributed by atoms with Crippen molar-refractivity contribution in [2.45, 2.75) is 12.5 Å². The first-order chi connectivity index (χ1) is 6.63. The van der Waals surface area contributed by atoms with Gasteiger partial charge in [-0.15, -0.1) is 0 Å². The molecular weight excluding hydrogens is 182 g/mol. The summed E-state index contributed by atoms with van der Waals surface area (Å²) in [5.74, 6) is -0.954. The van der Waals surface area contributed by atoms with Gasteiger partial charge in [0.15, 0.2) is 0 Å². The number of aliphatic hydroxyl groups excluding tert-OH is 1. The fourth-order valence-corrected chi connectivity index (χ4v) is 1.20. The van der Waals surface area contributed by atoms with Gasteiger partial charge in [0, 0.05) is 6.04 Å². The maximum absolute atomic E-state index is 10.6. The highest BCUT2D eigenvalue weighted by Gasteiger charge is 2.06. The van der Waals surface area contributed by atoms with Gasteiger partial charge in [0.2, 0.25) is 0 Å². The van der Waals surface area contributed by atoms with Crippen molar-refractivity contribution >= 4 is 5.97 Å². The summed E-state index contributed by atoms with van der Waals surface area (Å²) >= 11 is 0. The maximum atomic E-state index is 10.6. The minimum absolute atomic E-state index is 0.0999. The van der Waals surface area contributed by atoms with Crippen LogP contribution in [-0.4, -0.2) is 28.8 Å². The molecule has 1 aromatic rings. The first-order valence-corrected chi connectivity index (χ1v) is 4.32. The third-order valence-electron chi connectivity index (χ3n) is 1.91. The lowest BCUT2D eigenvalue weighted by molar-refractivity contribution is 0.0696. The standard InChI is InChI=1S/C10H13NO3/c11-9(6-12)5-7-2-1-3-8(4-7)10(13)14/h1-4,9,12H,5-6,11H2,(H,13,14)/t9-/m1/s1. The first kappa shape index (κ1) is 10.7. The number of hydrogen-bond donors (Lipinski definition) is 3. The van der Waals surface area contributed by atoms with E-state index in [0.717, 1.165) is 5.56 Å². The van der Waals surface area contributed by atoms with Gasteiger partial charge in [-0.1, -0.05) is 12.1 Å². The highest BCUT2D eigenvalue weighted by Crippen LogP contribution is 2.07. The predicted molar refractivity (Wildman–Crippen MR) is 52.2 cm³/mol. The molecular formula is C10H13NO3. The molecule has 0 aliphatic rings. The third-order valence-corrected chi connectivity index (χ3v) is 1.91.